The summed E-state index contributed by atoms with van der Waals surface area (Å²) in [6.07, 6.45) is 0.886. The van der Waals surface area contributed by atoms with Gasteiger partial charge in [0, 0.05) is 10.7 Å². The van der Waals surface area contributed by atoms with Crippen LogP contribution in [0.3, 0.4) is 0 Å². The zero-order valence-corrected chi connectivity index (χ0v) is 17.5. The van der Waals surface area contributed by atoms with E-state index in [4.69, 9.17) is 11.6 Å². The first-order chi connectivity index (χ1) is 14.5. The molecule has 150 valence electrons. The average molecular weight is 417 g/mol. The summed E-state index contributed by atoms with van der Waals surface area (Å²) >= 11 is 6.03. The number of hydrogen-bond donors (Lipinski definition) is 1. The topological polar surface area (TPSA) is 49.4 Å². The molecule has 0 spiro atoms. The number of amides is 2. The highest BCUT2D eigenvalue weighted by Crippen LogP contribution is 2.34. The number of anilines is 2. The van der Waals surface area contributed by atoms with Crippen molar-refractivity contribution in [1.29, 1.82) is 0 Å². The number of carbonyl (C=O) groups excluding carboxylic acids is 2. The summed E-state index contributed by atoms with van der Waals surface area (Å²) in [6.45, 7) is 4.04. The first-order valence-corrected chi connectivity index (χ1v) is 10.2. The molecule has 0 aromatic heterocycles. The minimum Gasteiger partial charge on any atom is -0.350 e. The van der Waals surface area contributed by atoms with Crippen LogP contribution in [0.1, 0.15) is 23.6 Å². The Morgan fingerprint density at radius 3 is 2.23 bits per heavy atom. The molecule has 3 aromatic rings. The van der Waals surface area contributed by atoms with Gasteiger partial charge < -0.3 is 5.32 Å². The zero-order chi connectivity index (χ0) is 21.3. The molecule has 30 heavy (non-hydrogen) atoms. The van der Waals surface area contributed by atoms with Crippen molar-refractivity contribution in [2.24, 2.45) is 0 Å². The summed E-state index contributed by atoms with van der Waals surface area (Å²) in [7, 11) is 0. The maximum Gasteiger partial charge on any atom is 0.282 e. The fraction of sp³-hybridized carbons (Fsp3) is 0.120. The summed E-state index contributed by atoms with van der Waals surface area (Å²) < 4.78 is 0. The lowest BCUT2D eigenvalue weighted by atomic mass is 10.0. The smallest absolute Gasteiger partial charge is 0.282 e. The molecule has 0 saturated heterocycles. The number of nitrogens with one attached hydrogen (secondary N) is 1. The van der Waals surface area contributed by atoms with Gasteiger partial charge in [0.1, 0.15) is 5.70 Å². The van der Waals surface area contributed by atoms with Crippen LogP contribution in [0.25, 0.3) is 5.57 Å². The molecule has 0 atom stereocenters. The Morgan fingerprint density at radius 1 is 0.900 bits per heavy atom. The monoisotopic (exact) mass is 416 g/mol. The summed E-state index contributed by atoms with van der Waals surface area (Å²) in [5.74, 6) is -0.738. The lowest BCUT2D eigenvalue weighted by Gasteiger charge is -2.16. The molecule has 4 nitrogen and oxygen atoms in total. The van der Waals surface area contributed by atoms with Crippen LogP contribution in [0.2, 0.25) is 5.02 Å². The summed E-state index contributed by atoms with van der Waals surface area (Å²) in [6, 6.07) is 22.1. The van der Waals surface area contributed by atoms with Crippen molar-refractivity contribution >= 4 is 40.4 Å². The van der Waals surface area contributed by atoms with Crippen molar-refractivity contribution in [3.05, 3.63) is 100 Å². The molecule has 0 aliphatic carbocycles. The van der Waals surface area contributed by atoms with E-state index < -0.39 is 0 Å². The van der Waals surface area contributed by atoms with E-state index >= 15 is 0 Å². The van der Waals surface area contributed by atoms with Gasteiger partial charge in [-0.25, -0.2) is 4.90 Å². The third-order valence-electron chi connectivity index (χ3n) is 5.11. The summed E-state index contributed by atoms with van der Waals surface area (Å²) in [5, 5.41) is 3.75. The van der Waals surface area contributed by atoms with Gasteiger partial charge in [0.25, 0.3) is 11.8 Å². The molecule has 0 fully saturated rings. The molecule has 2 amide bonds. The SMILES string of the molecule is CCc1ccc(N2C(=O)C(Nc3cccc(C)c3)=C(c3ccc(Cl)cc3)C2=O)cc1. The third kappa shape index (κ3) is 3.74. The first-order valence-electron chi connectivity index (χ1n) is 9.79. The molecule has 0 unspecified atom stereocenters. The van der Waals surface area contributed by atoms with Crippen molar-refractivity contribution < 1.29 is 9.59 Å². The van der Waals surface area contributed by atoms with Gasteiger partial charge in [0.15, 0.2) is 0 Å². The predicted molar refractivity (Wildman–Crippen MR) is 121 cm³/mol. The molecule has 3 aromatic carbocycles. The van der Waals surface area contributed by atoms with Gasteiger partial charge in [-0.15, -0.1) is 0 Å². The Kier molecular flexibility index (Phi) is 5.42. The van der Waals surface area contributed by atoms with Crippen LogP contribution in [-0.2, 0) is 16.0 Å². The van der Waals surface area contributed by atoms with Crippen molar-refractivity contribution in [2.45, 2.75) is 20.3 Å². The second-order valence-electron chi connectivity index (χ2n) is 7.22. The highest BCUT2D eigenvalue weighted by atomic mass is 35.5. The van der Waals surface area contributed by atoms with E-state index in [2.05, 4.69) is 12.2 Å². The quantitative estimate of drug-likeness (QED) is 0.550. The maximum atomic E-state index is 13.4. The minimum absolute atomic E-state index is 0.257. The first kappa shape index (κ1) is 19.9. The van der Waals surface area contributed by atoms with Crippen molar-refractivity contribution in [3.63, 3.8) is 0 Å². The summed E-state index contributed by atoms with van der Waals surface area (Å²) in [4.78, 5) is 28.0. The molecule has 1 aliphatic heterocycles. The van der Waals surface area contributed by atoms with Gasteiger partial charge in [-0.2, -0.15) is 0 Å². The van der Waals surface area contributed by atoms with E-state index in [0.717, 1.165) is 23.2 Å². The number of aryl methyl sites for hydroxylation is 2. The molecule has 1 heterocycles. The lowest BCUT2D eigenvalue weighted by molar-refractivity contribution is -0.120. The maximum absolute atomic E-state index is 13.4. The normalized spacial score (nSPS) is 13.9. The summed E-state index contributed by atoms with van der Waals surface area (Å²) in [5.41, 5.74) is 4.72. The fourth-order valence-corrected chi connectivity index (χ4v) is 3.64. The van der Waals surface area contributed by atoms with Gasteiger partial charge in [-0.1, -0.05) is 54.9 Å². The lowest BCUT2D eigenvalue weighted by Crippen LogP contribution is -2.32. The van der Waals surface area contributed by atoms with Crippen LogP contribution in [-0.4, -0.2) is 11.8 Å². The highest BCUT2D eigenvalue weighted by molar-refractivity contribution is 6.46. The highest BCUT2D eigenvalue weighted by Gasteiger charge is 2.40. The molecule has 1 N–H and O–H groups in total. The predicted octanol–water partition coefficient (Wildman–Crippen LogP) is 5.61. The number of rotatable bonds is 5. The van der Waals surface area contributed by atoms with Crippen LogP contribution in [0.5, 0.6) is 0 Å². The fourth-order valence-electron chi connectivity index (χ4n) is 3.51. The number of benzene rings is 3. The average Bonchev–Trinajstić information content (AvgIpc) is 2.98. The van der Waals surface area contributed by atoms with E-state index in [1.807, 2.05) is 55.5 Å². The van der Waals surface area contributed by atoms with Crippen molar-refractivity contribution in [1.82, 2.24) is 0 Å². The van der Waals surface area contributed by atoms with Gasteiger partial charge in [-0.3, -0.25) is 9.59 Å². The Labute approximate surface area is 180 Å². The van der Waals surface area contributed by atoms with E-state index in [1.54, 1.807) is 24.3 Å². The minimum atomic E-state index is -0.379. The number of nitrogens with zero attached hydrogens (tertiary/aromatic N) is 1. The molecule has 1 aliphatic rings. The molecular weight excluding hydrogens is 396 g/mol. The van der Waals surface area contributed by atoms with Crippen LogP contribution < -0.4 is 10.2 Å². The zero-order valence-electron chi connectivity index (χ0n) is 16.8. The van der Waals surface area contributed by atoms with E-state index in [-0.39, 0.29) is 17.5 Å². The Hall–Kier alpha value is -3.37. The van der Waals surface area contributed by atoms with Crippen molar-refractivity contribution in [2.75, 3.05) is 10.2 Å². The van der Waals surface area contributed by atoms with Crippen LogP contribution in [0.15, 0.2) is 78.5 Å². The van der Waals surface area contributed by atoms with Crippen LogP contribution >= 0.6 is 11.6 Å². The molecule has 0 bridgehead atoms. The third-order valence-corrected chi connectivity index (χ3v) is 5.36. The molecule has 5 heteroatoms. The van der Waals surface area contributed by atoms with Gasteiger partial charge in [-0.05, 0) is 66.4 Å². The van der Waals surface area contributed by atoms with Crippen LogP contribution in [0, 0.1) is 6.92 Å². The number of imide groups is 1. The van der Waals surface area contributed by atoms with E-state index in [1.165, 1.54) is 4.90 Å². The van der Waals surface area contributed by atoms with E-state index in [0.29, 0.717) is 21.8 Å². The standard InChI is InChI=1S/C25H21ClN2O2/c1-3-17-7-13-21(14-8-17)28-24(29)22(18-9-11-19(26)12-10-18)23(25(28)30)27-20-6-4-5-16(2)15-20/h4-15,27H,3H2,1-2H3. The number of halogens is 1. The second-order valence-corrected chi connectivity index (χ2v) is 7.65. The number of carbonyl (C=O) groups is 2. The van der Waals surface area contributed by atoms with Gasteiger partial charge in [0.2, 0.25) is 0 Å². The molecule has 4 rings (SSSR count). The van der Waals surface area contributed by atoms with Crippen molar-refractivity contribution in [3.8, 4) is 0 Å². The molecule has 0 saturated carbocycles. The molecule has 0 radical (unpaired) electrons. The Bertz CT molecular complexity index is 1150. The van der Waals surface area contributed by atoms with E-state index in [9.17, 15) is 9.59 Å². The van der Waals surface area contributed by atoms with Crippen LogP contribution in [0.4, 0.5) is 11.4 Å². The molecular formula is C25H21ClN2O2. The Balaban J connectivity index is 1.80. The largest absolute Gasteiger partial charge is 0.350 e. The van der Waals surface area contributed by atoms with Gasteiger partial charge >= 0.3 is 0 Å². The Morgan fingerprint density at radius 2 is 1.60 bits per heavy atom. The second kappa shape index (κ2) is 8.17. The van der Waals surface area contributed by atoms with Gasteiger partial charge in [0.05, 0.1) is 11.3 Å². The number of hydrogen-bond acceptors (Lipinski definition) is 3.